The van der Waals surface area contributed by atoms with Crippen LogP contribution in [0, 0.1) is 71.7 Å². The van der Waals surface area contributed by atoms with Crippen LogP contribution < -0.4 is 14.7 Å². The number of fused-ring (bicyclic) bond motifs is 15. The predicted molar refractivity (Wildman–Crippen MR) is 268 cm³/mol. The summed E-state index contributed by atoms with van der Waals surface area (Å²) in [5.41, 5.74) is -8.71. The van der Waals surface area contributed by atoms with Gasteiger partial charge in [-0.3, -0.25) is 28.8 Å². The molecule has 6 amide bonds. The number of hydrogen-bond donors (Lipinski definition) is 3. The van der Waals surface area contributed by atoms with E-state index in [4.69, 9.17) is 31.3 Å². The molecule has 81 heavy (non-hydrogen) atoms. The van der Waals surface area contributed by atoms with Crippen LogP contribution in [-0.2, 0) is 55.3 Å². The zero-order valence-corrected chi connectivity index (χ0v) is 44.6. The number of halogens is 6. The van der Waals surface area contributed by atoms with Gasteiger partial charge >= 0.3 is 12.4 Å². The lowest BCUT2D eigenvalue weighted by Gasteiger charge is -2.34. The highest BCUT2D eigenvalue weighted by molar-refractivity contribution is 6.25. The number of carbonyl (C=O) groups excluding carboxylic acids is 6. The second kappa shape index (κ2) is 18.5. The molecule has 18 nitrogen and oxygen atoms in total. The number of benzene rings is 3. The van der Waals surface area contributed by atoms with Gasteiger partial charge in [-0.15, -0.1) is 0 Å². The van der Waals surface area contributed by atoms with Crippen LogP contribution in [-0.4, -0.2) is 103 Å². The summed E-state index contributed by atoms with van der Waals surface area (Å²) in [6.45, 7) is 19.4. The number of aliphatic hydroxyl groups is 3. The number of rotatable bonds is 6. The Balaban J connectivity index is 0.000000137. The van der Waals surface area contributed by atoms with E-state index in [-0.39, 0.29) is 36.0 Å². The molecule has 3 N–H and O–H groups in total. The largest absolute Gasteiger partial charge is 0.417 e. The van der Waals surface area contributed by atoms with Gasteiger partial charge in [0.25, 0.3) is 0 Å². The number of imide groups is 3. The molecular weight excluding hydrogens is 1070 g/mol. The van der Waals surface area contributed by atoms with Crippen molar-refractivity contribution in [3.63, 3.8) is 0 Å². The molecule has 0 saturated carbocycles. The number of hydrogen-bond acceptors (Lipinski definition) is 14. The number of aryl methyl sites for hydroxylation is 1. The smallest absolute Gasteiger partial charge is 0.390 e. The summed E-state index contributed by atoms with van der Waals surface area (Å²) < 4.78 is 97.8. The predicted octanol–water partition coefficient (Wildman–Crippen LogP) is 7.12. The lowest BCUT2D eigenvalue weighted by Crippen LogP contribution is -2.50. The molecular formula is C57H54F6N6O12. The molecule has 24 heteroatoms. The first-order valence-electron chi connectivity index (χ1n) is 26.3. The summed E-state index contributed by atoms with van der Waals surface area (Å²) in [5.74, 6) is -8.09. The summed E-state index contributed by atoms with van der Waals surface area (Å²) in [6.07, 6.45) is -10.5. The Hall–Kier alpha value is -7.11. The summed E-state index contributed by atoms with van der Waals surface area (Å²) in [7, 11) is 0. The van der Waals surface area contributed by atoms with Crippen LogP contribution in [0.2, 0.25) is 0 Å². The van der Waals surface area contributed by atoms with Crippen molar-refractivity contribution in [1.82, 2.24) is 0 Å². The van der Waals surface area contributed by atoms with Gasteiger partial charge in [0.15, 0.2) is 5.69 Å². The normalized spacial score (nSPS) is 37.4. The number of aliphatic hydroxyl groups excluding tert-OH is 3. The van der Waals surface area contributed by atoms with Crippen LogP contribution in [0.3, 0.4) is 0 Å². The molecule has 9 heterocycles. The molecule has 9 fully saturated rings. The van der Waals surface area contributed by atoms with E-state index in [0.717, 1.165) is 39.6 Å². The molecule has 9 aliphatic heterocycles. The minimum absolute atomic E-state index is 0.177. The van der Waals surface area contributed by atoms with Crippen molar-refractivity contribution < 1.29 is 84.6 Å². The Labute approximate surface area is 459 Å². The highest BCUT2D eigenvalue weighted by atomic mass is 19.4. The summed E-state index contributed by atoms with van der Waals surface area (Å²) in [4.78, 5) is 84.8. The van der Waals surface area contributed by atoms with E-state index in [9.17, 15) is 70.4 Å². The zero-order valence-electron chi connectivity index (χ0n) is 44.6. The number of anilines is 3. The van der Waals surface area contributed by atoms with E-state index in [1.165, 1.54) is 17.0 Å². The Bertz CT molecular complexity index is 3280. The lowest BCUT2D eigenvalue weighted by atomic mass is 9.66. The van der Waals surface area contributed by atoms with Gasteiger partial charge in [-0.25, -0.2) is 19.5 Å². The number of alkyl halides is 6. The first kappa shape index (κ1) is 57.1. The van der Waals surface area contributed by atoms with Gasteiger partial charge in [0.05, 0.1) is 123 Å². The van der Waals surface area contributed by atoms with Crippen molar-refractivity contribution in [3.8, 4) is 12.1 Å². The average Bonchev–Trinajstić information content (AvgIpc) is 1.82. The lowest BCUT2D eigenvalue weighted by molar-refractivity contribution is -0.138. The monoisotopic (exact) mass is 1130 g/mol. The van der Waals surface area contributed by atoms with E-state index in [1.807, 2.05) is 13.8 Å². The summed E-state index contributed by atoms with van der Waals surface area (Å²) >= 11 is 0. The Kier molecular flexibility index (Phi) is 13.0. The Morgan fingerprint density at radius 2 is 0.827 bits per heavy atom. The first-order chi connectivity index (χ1) is 37.8. The van der Waals surface area contributed by atoms with Gasteiger partial charge in [0.1, 0.15) is 16.8 Å². The molecule has 6 bridgehead atoms. The van der Waals surface area contributed by atoms with Crippen molar-refractivity contribution >= 4 is 58.2 Å². The maximum absolute atomic E-state index is 13.3. The Morgan fingerprint density at radius 3 is 1.09 bits per heavy atom. The van der Waals surface area contributed by atoms with E-state index >= 15 is 0 Å². The number of carbonyl (C=O) groups is 6. The molecule has 0 aromatic heterocycles. The number of ether oxygens (including phenoxy) is 3. The van der Waals surface area contributed by atoms with Crippen molar-refractivity contribution in [2.75, 3.05) is 14.7 Å². The molecule has 9 aliphatic rings. The van der Waals surface area contributed by atoms with Gasteiger partial charge in [0.2, 0.25) is 35.4 Å². The molecule has 12 rings (SSSR count). The Morgan fingerprint density at radius 1 is 0.543 bits per heavy atom. The molecule has 0 spiro atoms. The van der Waals surface area contributed by atoms with Crippen LogP contribution >= 0.6 is 0 Å². The number of amides is 6. The van der Waals surface area contributed by atoms with Gasteiger partial charge in [0, 0.05) is 24.9 Å². The van der Waals surface area contributed by atoms with Crippen LogP contribution in [0.25, 0.3) is 4.85 Å². The SMILES string of the molecule is CCC12OC(C)(C[C@H]1O)[C@@H]1C(=O)N(c3ccc(C#N)c(C(F)(F)F)c3)C(=O)[C@@H]12.CCC12OC(C)(C[C@H]1O)[C@@H]1C(=O)N(c3ccc(C#N)c(C(F)(F)F)c3)C(=O)[C@@H]12.[C-]#[N+]c1ccc(N2C(=O)[C@@H]3[C@H](C2=O)C2(C)C[C@H](O)C3(CC)O2)cc1C. The third kappa shape index (κ3) is 7.72. The van der Waals surface area contributed by atoms with E-state index in [2.05, 4.69) is 4.85 Å². The van der Waals surface area contributed by atoms with Crippen molar-refractivity contribution in [1.29, 1.82) is 10.5 Å². The zero-order chi connectivity index (χ0) is 59.4. The second-order valence-corrected chi connectivity index (χ2v) is 23.0. The van der Waals surface area contributed by atoms with Crippen molar-refractivity contribution in [2.24, 2.45) is 35.5 Å². The third-order valence-corrected chi connectivity index (χ3v) is 18.8. The van der Waals surface area contributed by atoms with Crippen molar-refractivity contribution in [3.05, 3.63) is 93.8 Å². The van der Waals surface area contributed by atoms with Gasteiger partial charge in [-0.1, -0.05) is 26.8 Å². The molecule has 426 valence electrons. The van der Waals surface area contributed by atoms with Crippen LogP contribution in [0.15, 0.2) is 54.6 Å². The third-order valence-electron chi connectivity index (χ3n) is 18.8. The van der Waals surface area contributed by atoms with Crippen LogP contribution in [0.1, 0.15) is 108 Å². The molecule has 3 aromatic carbocycles. The fourth-order valence-corrected chi connectivity index (χ4v) is 15.3. The van der Waals surface area contributed by atoms with Gasteiger partial charge in [-0.05, 0) is 101 Å². The molecule has 3 aromatic rings. The average molecular weight is 1130 g/mol. The molecule has 15 atom stereocenters. The van der Waals surface area contributed by atoms with Crippen molar-refractivity contribution in [2.45, 2.75) is 151 Å². The fourth-order valence-electron chi connectivity index (χ4n) is 15.3. The molecule has 6 unspecified atom stereocenters. The van der Waals surface area contributed by atoms with Crippen LogP contribution in [0.4, 0.5) is 49.1 Å². The minimum Gasteiger partial charge on any atom is -0.390 e. The van der Waals surface area contributed by atoms with Gasteiger partial charge < -0.3 is 29.5 Å². The number of nitrogens with zero attached hydrogens (tertiary/aromatic N) is 6. The van der Waals surface area contributed by atoms with Crippen LogP contribution in [0.5, 0.6) is 0 Å². The summed E-state index contributed by atoms with van der Waals surface area (Å²) in [5, 5.41) is 49.3. The maximum Gasteiger partial charge on any atom is 0.417 e. The first-order valence-corrected chi connectivity index (χ1v) is 26.3. The number of nitriles is 2. The second-order valence-electron chi connectivity index (χ2n) is 23.0. The highest BCUT2D eigenvalue weighted by Crippen LogP contribution is 2.65. The maximum atomic E-state index is 13.3. The highest BCUT2D eigenvalue weighted by Gasteiger charge is 2.79. The van der Waals surface area contributed by atoms with E-state index in [0.29, 0.717) is 49.2 Å². The molecule has 0 radical (unpaired) electrons. The van der Waals surface area contributed by atoms with Gasteiger partial charge in [-0.2, -0.15) is 36.9 Å². The molecule has 0 aliphatic carbocycles. The van der Waals surface area contributed by atoms with E-state index in [1.54, 1.807) is 52.8 Å². The fraction of sp³-hybridized carbons (Fsp3) is 0.526. The topological polar surface area (TPSA) is 252 Å². The van der Waals surface area contributed by atoms with E-state index < -0.39 is 146 Å². The summed E-state index contributed by atoms with van der Waals surface area (Å²) in [6, 6.07) is 13.4. The minimum atomic E-state index is -4.81. The quantitative estimate of drug-likeness (QED) is 0.126. The standard InChI is InChI=1S/2C19H17F3N2O4.C19H20N2O4/c2*1-3-18-12(25)7-17(2,28-18)13-14(18)16(27)24(15(13)26)10-5-4-9(8-23)11(6-10)19(20,21)22;1-5-19-13(22)9-18(3,25-19)14-15(19)17(24)21(16(14)23)11-6-7-12(20-4)10(2)8-11/h2*4-6,12-14,25H,3,7H2,1-2H3;6-8,13-15,22H,5,9H2,1-3H3/t2*12-,13+,14-,17?,18?;13-,14+,15-,18?,19?/m110/s1. The molecule has 9 saturated heterocycles.